The zero-order valence-corrected chi connectivity index (χ0v) is 16.5. The van der Waals surface area contributed by atoms with Gasteiger partial charge >= 0.3 is 11.6 Å². The van der Waals surface area contributed by atoms with Gasteiger partial charge in [0.1, 0.15) is 17.9 Å². The Bertz CT molecular complexity index is 1200. The van der Waals surface area contributed by atoms with Gasteiger partial charge in [-0.05, 0) is 36.6 Å². The van der Waals surface area contributed by atoms with Gasteiger partial charge in [0.05, 0.1) is 11.3 Å². The van der Waals surface area contributed by atoms with Crippen LogP contribution in [0.1, 0.15) is 41.3 Å². The molecule has 7 nitrogen and oxygen atoms in total. The second kappa shape index (κ2) is 8.02. The molecule has 1 fully saturated rings. The van der Waals surface area contributed by atoms with Crippen LogP contribution in [0.4, 0.5) is 5.69 Å². The number of phenols is 1. The number of phenolic OH excluding ortho intramolecular Hbond substituents is 1. The highest BCUT2D eigenvalue weighted by Crippen LogP contribution is 2.29. The van der Waals surface area contributed by atoms with Gasteiger partial charge in [0.25, 0.3) is 0 Å². The van der Waals surface area contributed by atoms with Crippen LogP contribution in [0.2, 0.25) is 0 Å². The summed E-state index contributed by atoms with van der Waals surface area (Å²) in [5.41, 5.74) is 1.64. The Labute approximate surface area is 172 Å². The molecule has 7 heteroatoms. The number of benzene rings is 2. The van der Waals surface area contributed by atoms with Crippen molar-refractivity contribution in [2.24, 2.45) is 0 Å². The van der Waals surface area contributed by atoms with Gasteiger partial charge in [-0.3, -0.25) is 4.79 Å². The summed E-state index contributed by atoms with van der Waals surface area (Å²) in [5.74, 6) is -0.554. The molecule has 0 saturated carbocycles. The van der Waals surface area contributed by atoms with Gasteiger partial charge in [-0.2, -0.15) is 0 Å². The zero-order chi connectivity index (χ0) is 21.3. The zero-order valence-electron chi connectivity index (χ0n) is 16.5. The smallest absolute Gasteiger partial charge is 0.340 e. The number of carbonyl (C=O) groups excluding carboxylic acids is 2. The fourth-order valence-corrected chi connectivity index (χ4v) is 3.72. The predicted octanol–water partition coefficient (Wildman–Crippen LogP) is 3.54. The molecule has 0 bridgehead atoms. The number of anilines is 1. The third kappa shape index (κ3) is 3.66. The molecule has 0 aliphatic carbocycles. The van der Waals surface area contributed by atoms with Crippen molar-refractivity contribution in [2.45, 2.75) is 32.8 Å². The summed E-state index contributed by atoms with van der Waals surface area (Å²) in [5, 5.41) is 10.6. The summed E-state index contributed by atoms with van der Waals surface area (Å²) in [6.45, 7) is 2.32. The number of ether oxygens (including phenoxy) is 1. The highest BCUT2D eigenvalue weighted by molar-refractivity contribution is 6.03. The number of amides is 1. The molecule has 1 aromatic heterocycles. The summed E-state index contributed by atoms with van der Waals surface area (Å²) in [4.78, 5) is 38.4. The maximum atomic E-state index is 12.8. The van der Waals surface area contributed by atoms with Crippen LogP contribution < -0.4 is 10.5 Å². The van der Waals surface area contributed by atoms with Crippen LogP contribution >= 0.6 is 0 Å². The van der Waals surface area contributed by atoms with Crippen molar-refractivity contribution in [1.82, 2.24) is 0 Å². The van der Waals surface area contributed by atoms with Gasteiger partial charge < -0.3 is 19.2 Å². The lowest BCUT2D eigenvalue weighted by Crippen LogP contribution is -2.26. The lowest BCUT2D eigenvalue weighted by atomic mass is 10.0. The van der Waals surface area contributed by atoms with E-state index < -0.39 is 11.6 Å². The first kappa shape index (κ1) is 19.7. The van der Waals surface area contributed by atoms with Gasteiger partial charge in [-0.15, -0.1) is 0 Å². The van der Waals surface area contributed by atoms with Crippen molar-refractivity contribution in [3.63, 3.8) is 0 Å². The SMILES string of the molecule is CCc1cc2c(COC(=O)c3ccccc3N3CCCC3=O)cc(=O)oc2cc1O. The second-order valence-electron chi connectivity index (χ2n) is 7.16. The molecule has 0 spiro atoms. The summed E-state index contributed by atoms with van der Waals surface area (Å²) in [6, 6.07) is 11.2. The molecule has 1 aliphatic heterocycles. The highest BCUT2D eigenvalue weighted by atomic mass is 16.5. The summed E-state index contributed by atoms with van der Waals surface area (Å²) < 4.78 is 10.7. The number of hydrogen-bond donors (Lipinski definition) is 1. The van der Waals surface area contributed by atoms with Crippen LogP contribution in [0.3, 0.4) is 0 Å². The summed E-state index contributed by atoms with van der Waals surface area (Å²) >= 11 is 0. The van der Waals surface area contributed by atoms with Gasteiger partial charge in [0.2, 0.25) is 5.91 Å². The predicted molar refractivity (Wildman–Crippen MR) is 111 cm³/mol. The van der Waals surface area contributed by atoms with E-state index in [1.165, 1.54) is 12.1 Å². The molecule has 0 radical (unpaired) electrons. The highest BCUT2D eigenvalue weighted by Gasteiger charge is 2.26. The minimum Gasteiger partial charge on any atom is -0.508 e. The van der Waals surface area contributed by atoms with Gasteiger partial charge in [-0.1, -0.05) is 19.1 Å². The van der Waals surface area contributed by atoms with Crippen molar-refractivity contribution in [2.75, 3.05) is 11.4 Å². The van der Waals surface area contributed by atoms with E-state index in [1.54, 1.807) is 35.2 Å². The minimum absolute atomic E-state index is 0.0196. The Kier molecular flexibility index (Phi) is 5.27. The molecular weight excluding hydrogens is 386 g/mol. The number of esters is 1. The van der Waals surface area contributed by atoms with Crippen LogP contribution in [0.5, 0.6) is 5.75 Å². The Morgan fingerprint density at radius 3 is 2.70 bits per heavy atom. The number of aryl methyl sites for hydroxylation is 1. The molecule has 1 saturated heterocycles. The topological polar surface area (TPSA) is 97.0 Å². The minimum atomic E-state index is -0.597. The van der Waals surface area contributed by atoms with Crippen LogP contribution in [0.25, 0.3) is 11.0 Å². The molecular formula is C23H21NO6. The van der Waals surface area contributed by atoms with Crippen molar-refractivity contribution in [1.29, 1.82) is 0 Å². The maximum Gasteiger partial charge on any atom is 0.340 e. The molecule has 0 atom stereocenters. The third-order valence-electron chi connectivity index (χ3n) is 5.26. The first-order valence-corrected chi connectivity index (χ1v) is 9.83. The molecule has 2 aromatic carbocycles. The van der Waals surface area contributed by atoms with Gasteiger partial charge in [0, 0.05) is 36.0 Å². The average Bonchev–Trinajstić information content (AvgIpc) is 3.16. The first-order valence-electron chi connectivity index (χ1n) is 9.83. The first-order chi connectivity index (χ1) is 14.5. The number of fused-ring (bicyclic) bond motifs is 1. The fourth-order valence-electron chi connectivity index (χ4n) is 3.72. The number of para-hydroxylation sites is 1. The standard InChI is InChI=1S/C23H21NO6/c1-2-14-10-17-15(11-22(27)30-20(17)12-19(14)25)13-29-23(28)16-6-3-4-7-18(16)24-9-5-8-21(24)26/h3-4,6-7,10-12,25H,2,5,8-9,13H2,1H3. The maximum absolute atomic E-state index is 12.8. The summed E-state index contributed by atoms with van der Waals surface area (Å²) in [6.07, 6.45) is 1.81. The molecule has 3 aromatic rings. The molecule has 154 valence electrons. The monoisotopic (exact) mass is 407 g/mol. The Morgan fingerprint density at radius 1 is 1.17 bits per heavy atom. The molecule has 1 amide bonds. The third-order valence-corrected chi connectivity index (χ3v) is 5.26. The van der Waals surface area contributed by atoms with E-state index in [1.807, 2.05) is 6.92 Å². The van der Waals surface area contributed by atoms with E-state index in [0.29, 0.717) is 47.2 Å². The lowest BCUT2D eigenvalue weighted by molar-refractivity contribution is -0.117. The van der Waals surface area contributed by atoms with Crippen molar-refractivity contribution in [3.8, 4) is 5.75 Å². The van der Waals surface area contributed by atoms with E-state index in [9.17, 15) is 19.5 Å². The molecule has 4 rings (SSSR count). The van der Waals surface area contributed by atoms with Gasteiger partial charge in [-0.25, -0.2) is 9.59 Å². The Morgan fingerprint density at radius 2 is 1.97 bits per heavy atom. The number of hydrogen-bond acceptors (Lipinski definition) is 6. The largest absolute Gasteiger partial charge is 0.508 e. The summed E-state index contributed by atoms with van der Waals surface area (Å²) in [7, 11) is 0. The van der Waals surface area contributed by atoms with Crippen LogP contribution in [-0.2, 0) is 22.6 Å². The van der Waals surface area contributed by atoms with E-state index in [-0.39, 0.29) is 23.8 Å². The number of nitrogens with zero attached hydrogens (tertiary/aromatic N) is 1. The normalized spacial score (nSPS) is 13.8. The Balaban J connectivity index is 1.63. The number of aromatic hydroxyl groups is 1. The van der Waals surface area contributed by atoms with Crippen LogP contribution in [0, 0.1) is 0 Å². The molecule has 1 aliphatic rings. The Hall–Kier alpha value is -3.61. The molecule has 2 heterocycles. The lowest BCUT2D eigenvalue weighted by Gasteiger charge is -2.19. The second-order valence-corrected chi connectivity index (χ2v) is 7.16. The van der Waals surface area contributed by atoms with E-state index in [2.05, 4.69) is 0 Å². The quantitative estimate of drug-likeness (QED) is 0.513. The van der Waals surface area contributed by atoms with Crippen molar-refractivity contribution < 1.29 is 23.8 Å². The van der Waals surface area contributed by atoms with E-state index in [4.69, 9.17) is 9.15 Å². The molecule has 1 N–H and O–H groups in total. The van der Waals surface area contributed by atoms with Crippen molar-refractivity contribution >= 4 is 28.5 Å². The number of carbonyl (C=O) groups is 2. The van der Waals surface area contributed by atoms with E-state index in [0.717, 1.165) is 6.42 Å². The molecule has 0 unspecified atom stereocenters. The van der Waals surface area contributed by atoms with E-state index >= 15 is 0 Å². The van der Waals surface area contributed by atoms with Crippen molar-refractivity contribution in [3.05, 3.63) is 69.6 Å². The fraction of sp³-hybridized carbons (Fsp3) is 0.261. The average molecular weight is 407 g/mol. The van der Waals surface area contributed by atoms with Gasteiger partial charge in [0.15, 0.2) is 0 Å². The van der Waals surface area contributed by atoms with Crippen LogP contribution in [0.15, 0.2) is 51.7 Å². The van der Waals surface area contributed by atoms with Crippen LogP contribution in [-0.4, -0.2) is 23.5 Å². The number of rotatable bonds is 5. The molecule has 30 heavy (non-hydrogen) atoms.